The third-order valence-corrected chi connectivity index (χ3v) is 6.21. The molecule has 7 nitrogen and oxygen atoms in total. The van der Waals surface area contributed by atoms with Crippen molar-refractivity contribution < 1.29 is 9.13 Å². The molecule has 2 aromatic carbocycles. The molecule has 3 heterocycles. The van der Waals surface area contributed by atoms with E-state index in [9.17, 15) is 9.65 Å². The summed E-state index contributed by atoms with van der Waals surface area (Å²) in [5.74, 6) is 0.302. The molecule has 2 aromatic heterocycles. The standard InChI is InChI=1S/C26H25FN6O/c1-34-9-8-33-24-5-3-2-4-23(24)31-26(33)22-15-30-14-21(25(22)32-7-6-20(29)16-32)18-10-17(13-28)11-19(27)12-18/h2-5,10-12,14-15,20H,6-9,16,29H2,1H3/t20-/m0/s1. The molecule has 0 radical (unpaired) electrons. The van der Waals surface area contributed by atoms with Crippen LogP contribution in [0.15, 0.2) is 54.9 Å². The summed E-state index contributed by atoms with van der Waals surface area (Å²) >= 11 is 0. The van der Waals surface area contributed by atoms with Gasteiger partial charge >= 0.3 is 0 Å². The number of hydrogen-bond acceptors (Lipinski definition) is 6. The number of anilines is 1. The molecule has 0 spiro atoms. The molecule has 4 aromatic rings. The summed E-state index contributed by atoms with van der Waals surface area (Å²) in [6, 6.07) is 14.4. The van der Waals surface area contributed by atoms with Gasteiger partial charge in [-0.25, -0.2) is 9.37 Å². The minimum absolute atomic E-state index is 0.0448. The van der Waals surface area contributed by atoms with Crippen LogP contribution in [0.2, 0.25) is 0 Å². The van der Waals surface area contributed by atoms with E-state index in [1.807, 2.05) is 30.3 Å². The van der Waals surface area contributed by atoms with Gasteiger partial charge in [-0.3, -0.25) is 4.98 Å². The summed E-state index contributed by atoms with van der Waals surface area (Å²) in [6.45, 7) is 2.58. The van der Waals surface area contributed by atoms with E-state index in [1.54, 1.807) is 25.6 Å². The predicted molar refractivity (Wildman–Crippen MR) is 130 cm³/mol. The van der Waals surface area contributed by atoms with Crippen LogP contribution in [0.4, 0.5) is 10.1 Å². The highest BCUT2D eigenvalue weighted by atomic mass is 19.1. The van der Waals surface area contributed by atoms with Crippen LogP contribution in [0.5, 0.6) is 0 Å². The van der Waals surface area contributed by atoms with Gasteiger partial charge < -0.3 is 19.9 Å². The zero-order valence-electron chi connectivity index (χ0n) is 18.9. The molecule has 0 amide bonds. The molecule has 0 bridgehead atoms. The fourth-order valence-electron chi connectivity index (χ4n) is 4.66. The van der Waals surface area contributed by atoms with E-state index in [2.05, 4.69) is 14.5 Å². The highest BCUT2D eigenvalue weighted by molar-refractivity contribution is 5.91. The number of nitrogens with two attached hydrogens (primary N) is 1. The summed E-state index contributed by atoms with van der Waals surface area (Å²) in [4.78, 5) is 11.7. The third kappa shape index (κ3) is 4.00. The number of benzene rings is 2. The quantitative estimate of drug-likeness (QED) is 0.472. The normalized spacial score (nSPS) is 15.7. The third-order valence-electron chi connectivity index (χ3n) is 6.21. The SMILES string of the molecule is COCCn1c(-c2cncc(-c3cc(F)cc(C#N)c3)c2N2CC[C@H](N)C2)nc2ccccc21. The van der Waals surface area contributed by atoms with Gasteiger partial charge in [0, 0.05) is 50.7 Å². The minimum atomic E-state index is -0.462. The fraction of sp³-hybridized carbons (Fsp3) is 0.269. The summed E-state index contributed by atoms with van der Waals surface area (Å²) < 4.78 is 21.9. The van der Waals surface area contributed by atoms with Crippen LogP contribution in [0.3, 0.4) is 0 Å². The van der Waals surface area contributed by atoms with Crippen molar-refractivity contribution in [1.82, 2.24) is 14.5 Å². The molecule has 34 heavy (non-hydrogen) atoms. The maximum absolute atomic E-state index is 14.4. The first-order chi connectivity index (χ1) is 16.6. The predicted octanol–water partition coefficient (Wildman–Crippen LogP) is 3.96. The Morgan fingerprint density at radius 1 is 1.21 bits per heavy atom. The summed E-state index contributed by atoms with van der Waals surface area (Å²) in [7, 11) is 1.68. The Morgan fingerprint density at radius 2 is 2.03 bits per heavy atom. The van der Waals surface area contributed by atoms with Crippen LogP contribution < -0.4 is 10.6 Å². The smallest absolute Gasteiger partial charge is 0.144 e. The summed E-state index contributed by atoms with van der Waals surface area (Å²) in [5, 5.41) is 9.40. The maximum atomic E-state index is 14.4. The van der Waals surface area contributed by atoms with Gasteiger partial charge in [0.2, 0.25) is 0 Å². The van der Waals surface area contributed by atoms with Crippen molar-refractivity contribution in [2.75, 3.05) is 31.7 Å². The van der Waals surface area contributed by atoms with Gasteiger partial charge in [-0.1, -0.05) is 12.1 Å². The largest absolute Gasteiger partial charge is 0.383 e. The molecule has 172 valence electrons. The first-order valence-electron chi connectivity index (χ1n) is 11.2. The van der Waals surface area contributed by atoms with Crippen LogP contribution in [-0.2, 0) is 11.3 Å². The Bertz CT molecular complexity index is 1390. The van der Waals surface area contributed by atoms with Gasteiger partial charge in [-0.2, -0.15) is 5.26 Å². The maximum Gasteiger partial charge on any atom is 0.144 e. The van der Waals surface area contributed by atoms with Crippen molar-refractivity contribution in [3.63, 3.8) is 0 Å². The second-order valence-electron chi connectivity index (χ2n) is 8.49. The molecule has 8 heteroatoms. The number of halogens is 1. The second-order valence-corrected chi connectivity index (χ2v) is 8.49. The Morgan fingerprint density at radius 3 is 2.79 bits per heavy atom. The van der Waals surface area contributed by atoms with Crippen LogP contribution >= 0.6 is 0 Å². The number of pyridine rings is 1. The molecule has 0 unspecified atom stereocenters. The second kappa shape index (κ2) is 9.21. The Balaban J connectivity index is 1.77. The van der Waals surface area contributed by atoms with E-state index in [4.69, 9.17) is 15.5 Å². The molecular weight excluding hydrogens is 431 g/mol. The average Bonchev–Trinajstić information content (AvgIpc) is 3.45. The van der Waals surface area contributed by atoms with E-state index in [-0.39, 0.29) is 11.6 Å². The van der Waals surface area contributed by atoms with Gasteiger partial charge in [0.25, 0.3) is 0 Å². The Kier molecular flexibility index (Phi) is 5.97. The molecule has 1 aliphatic rings. The van der Waals surface area contributed by atoms with Crippen LogP contribution in [0.25, 0.3) is 33.5 Å². The van der Waals surface area contributed by atoms with Gasteiger partial charge in [0.1, 0.15) is 11.6 Å². The number of para-hydroxylation sites is 2. The zero-order chi connectivity index (χ0) is 23.7. The lowest BCUT2D eigenvalue weighted by molar-refractivity contribution is 0.188. The number of imidazole rings is 1. The first kappa shape index (κ1) is 22.0. The first-order valence-corrected chi connectivity index (χ1v) is 11.2. The van der Waals surface area contributed by atoms with Crippen molar-refractivity contribution in [3.8, 4) is 28.6 Å². The lowest BCUT2D eigenvalue weighted by Crippen LogP contribution is -2.27. The van der Waals surface area contributed by atoms with Gasteiger partial charge in [-0.05, 0) is 42.3 Å². The molecule has 5 rings (SSSR count). The lowest BCUT2D eigenvalue weighted by Gasteiger charge is -2.25. The molecule has 1 saturated heterocycles. The van der Waals surface area contributed by atoms with Crippen molar-refractivity contribution in [1.29, 1.82) is 5.26 Å². The zero-order valence-corrected chi connectivity index (χ0v) is 18.9. The number of fused-ring (bicyclic) bond motifs is 1. The lowest BCUT2D eigenvalue weighted by atomic mass is 9.99. The molecule has 1 fully saturated rings. The van der Waals surface area contributed by atoms with Crippen molar-refractivity contribution >= 4 is 16.7 Å². The van der Waals surface area contributed by atoms with Gasteiger partial charge in [-0.15, -0.1) is 0 Å². The van der Waals surface area contributed by atoms with E-state index < -0.39 is 5.82 Å². The monoisotopic (exact) mass is 456 g/mol. The van der Waals surface area contributed by atoms with Crippen LogP contribution in [0.1, 0.15) is 12.0 Å². The van der Waals surface area contributed by atoms with E-state index >= 15 is 0 Å². The highest BCUT2D eigenvalue weighted by Gasteiger charge is 2.27. The van der Waals surface area contributed by atoms with Gasteiger partial charge in [0.05, 0.1) is 40.5 Å². The molecule has 1 atom stereocenters. The molecule has 1 aliphatic heterocycles. The van der Waals surface area contributed by atoms with Crippen LogP contribution in [0, 0.1) is 17.1 Å². The molecule has 0 saturated carbocycles. The van der Waals surface area contributed by atoms with Crippen LogP contribution in [-0.4, -0.2) is 47.4 Å². The van der Waals surface area contributed by atoms with Crippen molar-refractivity contribution in [3.05, 3.63) is 66.2 Å². The summed E-state index contributed by atoms with van der Waals surface area (Å²) in [6.07, 6.45) is 4.38. The number of nitrogens with zero attached hydrogens (tertiary/aromatic N) is 5. The Labute approximate surface area is 197 Å². The van der Waals surface area contributed by atoms with E-state index in [0.29, 0.717) is 25.3 Å². The number of nitriles is 1. The minimum Gasteiger partial charge on any atom is -0.383 e. The number of aromatic nitrogens is 3. The highest BCUT2D eigenvalue weighted by Crippen LogP contribution is 2.41. The number of methoxy groups -OCH3 is 1. The Hall–Kier alpha value is -3.80. The summed E-state index contributed by atoms with van der Waals surface area (Å²) in [5.41, 5.74) is 11.5. The topological polar surface area (TPSA) is 93.0 Å². The van der Waals surface area contributed by atoms with Crippen molar-refractivity contribution in [2.45, 2.75) is 19.0 Å². The van der Waals surface area contributed by atoms with Crippen molar-refractivity contribution in [2.24, 2.45) is 5.73 Å². The molecular formula is C26H25FN6O. The number of rotatable bonds is 6. The number of ether oxygens (including phenoxy) is 1. The van der Waals surface area contributed by atoms with Gasteiger partial charge in [0.15, 0.2) is 0 Å². The molecule has 2 N–H and O–H groups in total. The fourth-order valence-corrected chi connectivity index (χ4v) is 4.66. The average molecular weight is 457 g/mol. The van der Waals surface area contributed by atoms with E-state index in [0.717, 1.165) is 46.6 Å². The van der Waals surface area contributed by atoms with E-state index in [1.165, 1.54) is 12.1 Å². The molecule has 0 aliphatic carbocycles. The number of hydrogen-bond donors (Lipinski definition) is 1.